The Morgan fingerprint density at radius 1 is 1.03 bits per heavy atom. The second-order valence-corrected chi connectivity index (χ2v) is 10.9. The van der Waals surface area contributed by atoms with Crippen LogP contribution in [-0.2, 0) is 6.61 Å². The summed E-state index contributed by atoms with van der Waals surface area (Å²) in [6.45, 7) is 9.28. The first-order valence-corrected chi connectivity index (χ1v) is 12.1. The van der Waals surface area contributed by atoms with E-state index in [2.05, 4.69) is 44.1 Å². The number of ketones is 1. The van der Waals surface area contributed by atoms with Gasteiger partial charge in [-0.3, -0.25) is 9.78 Å². The zero-order valence-electron chi connectivity index (χ0n) is 21.0. The smallest absolute Gasteiger partial charge is 0.163 e. The summed E-state index contributed by atoms with van der Waals surface area (Å²) < 4.78 is 6.00. The van der Waals surface area contributed by atoms with Crippen molar-refractivity contribution in [3.8, 4) is 22.9 Å². The highest BCUT2D eigenvalue weighted by Crippen LogP contribution is 2.35. The lowest BCUT2D eigenvalue weighted by Gasteiger charge is -2.46. The highest BCUT2D eigenvalue weighted by atomic mass is 16.5. The SMILES string of the molecule is CC1(C)CC(CC(=O)c2ccc(COc3cccc(-c4cncc(C#N)c4)c3)cc2)CC(C)(C)N1. The van der Waals surface area contributed by atoms with Crippen molar-refractivity contribution in [2.45, 2.75) is 64.6 Å². The largest absolute Gasteiger partial charge is 0.489 e. The van der Waals surface area contributed by atoms with E-state index in [4.69, 9.17) is 10.00 Å². The fourth-order valence-corrected chi connectivity index (χ4v) is 5.44. The Morgan fingerprint density at radius 3 is 2.43 bits per heavy atom. The van der Waals surface area contributed by atoms with Gasteiger partial charge in [0, 0.05) is 41.0 Å². The molecular weight excluding hydrogens is 434 g/mol. The maximum atomic E-state index is 13.0. The molecule has 0 unspecified atom stereocenters. The van der Waals surface area contributed by atoms with E-state index < -0.39 is 0 Å². The summed E-state index contributed by atoms with van der Waals surface area (Å²) in [4.78, 5) is 17.1. The third kappa shape index (κ3) is 6.55. The van der Waals surface area contributed by atoms with Crippen LogP contribution in [0.3, 0.4) is 0 Å². The van der Waals surface area contributed by atoms with Gasteiger partial charge in [0.25, 0.3) is 0 Å². The molecule has 5 heteroatoms. The Morgan fingerprint density at radius 2 is 1.74 bits per heavy atom. The summed E-state index contributed by atoms with van der Waals surface area (Å²) >= 11 is 0. The molecule has 2 heterocycles. The number of rotatable bonds is 7. The third-order valence-corrected chi connectivity index (χ3v) is 6.46. The van der Waals surface area contributed by atoms with Crippen LogP contribution in [0.1, 0.15) is 68.4 Å². The number of pyridine rings is 1. The molecular formula is C30H33N3O2. The molecule has 3 aromatic rings. The van der Waals surface area contributed by atoms with E-state index in [1.165, 1.54) is 0 Å². The van der Waals surface area contributed by atoms with Crippen LogP contribution in [0.5, 0.6) is 5.75 Å². The highest BCUT2D eigenvalue weighted by molar-refractivity contribution is 5.96. The molecule has 35 heavy (non-hydrogen) atoms. The maximum absolute atomic E-state index is 13.0. The van der Waals surface area contributed by atoms with Gasteiger partial charge in [-0.15, -0.1) is 0 Å². The van der Waals surface area contributed by atoms with E-state index in [0.717, 1.165) is 40.8 Å². The topological polar surface area (TPSA) is 75.0 Å². The van der Waals surface area contributed by atoms with Gasteiger partial charge < -0.3 is 10.1 Å². The number of aromatic nitrogens is 1. The second kappa shape index (κ2) is 10.0. The van der Waals surface area contributed by atoms with E-state index in [1.54, 1.807) is 12.4 Å². The van der Waals surface area contributed by atoms with Gasteiger partial charge in [0.05, 0.1) is 5.56 Å². The molecule has 1 aliphatic heterocycles. The molecule has 1 aliphatic rings. The molecule has 0 radical (unpaired) electrons. The standard InChI is InChI=1S/C30H33N3O2/c1-29(2)15-22(16-30(3,4)33-29)13-28(34)24-10-8-21(9-11-24)20-35-27-7-5-6-25(14-27)26-12-23(17-31)18-32-19-26/h5-12,14,18-19,22,33H,13,15-16,20H2,1-4H3. The normalized spacial score (nSPS) is 16.9. The minimum Gasteiger partial charge on any atom is -0.489 e. The predicted octanol–water partition coefficient (Wildman–Crippen LogP) is 6.33. The zero-order chi connectivity index (χ0) is 25.1. The van der Waals surface area contributed by atoms with Crippen molar-refractivity contribution >= 4 is 5.78 Å². The number of carbonyl (C=O) groups is 1. The molecule has 0 aliphatic carbocycles. The Kier molecular flexibility index (Phi) is 7.05. The van der Waals surface area contributed by atoms with Crippen LogP contribution in [0, 0.1) is 17.2 Å². The number of nitriles is 1. The van der Waals surface area contributed by atoms with Crippen molar-refractivity contribution in [1.82, 2.24) is 10.3 Å². The Labute approximate surface area is 208 Å². The molecule has 0 amide bonds. The number of Topliss-reactive ketones (excluding diaryl/α,β-unsaturated/α-hetero) is 1. The van der Waals surface area contributed by atoms with Crippen molar-refractivity contribution < 1.29 is 9.53 Å². The van der Waals surface area contributed by atoms with Crippen LogP contribution in [0.15, 0.2) is 67.0 Å². The van der Waals surface area contributed by atoms with Gasteiger partial charge in [-0.1, -0.05) is 36.4 Å². The van der Waals surface area contributed by atoms with Crippen molar-refractivity contribution in [2.24, 2.45) is 5.92 Å². The molecule has 0 spiro atoms. The van der Waals surface area contributed by atoms with Crippen molar-refractivity contribution in [1.29, 1.82) is 5.26 Å². The Balaban J connectivity index is 1.36. The molecule has 2 aromatic carbocycles. The third-order valence-electron chi connectivity index (χ3n) is 6.46. The molecule has 0 atom stereocenters. The minimum atomic E-state index is 0.0419. The van der Waals surface area contributed by atoms with Gasteiger partial charge in [0.2, 0.25) is 0 Å². The van der Waals surface area contributed by atoms with Gasteiger partial charge >= 0.3 is 0 Å². The number of piperidine rings is 1. The maximum Gasteiger partial charge on any atom is 0.163 e. The van der Waals surface area contributed by atoms with Crippen molar-refractivity contribution in [3.63, 3.8) is 0 Å². The van der Waals surface area contributed by atoms with Gasteiger partial charge in [-0.2, -0.15) is 5.26 Å². The quantitative estimate of drug-likeness (QED) is 0.411. The summed E-state index contributed by atoms with van der Waals surface area (Å²) in [6, 6.07) is 19.4. The van der Waals surface area contributed by atoms with Crippen LogP contribution in [0.4, 0.5) is 0 Å². The monoisotopic (exact) mass is 467 g/mol. The Bertz CT molecular complexity index is 1220. The summed E-state index contributed by atoms with van der Waals surface area (Å²) in [5, 5.41) is 12.8. The van der Waals surface area contributed by atoms with E-state index >= 15 is 0 Å². The summed E-state index contributed by atoms with van der Waals surface area (Å²) in [5.41, 5.74) is 4.19. The number of ether oxygens (including phenoxy) is 1. The fraction of sp³-hybridized carbons (Fsp3) is 0.367. The molecule has 4 rings (SSSR count). The number of nitrogens with zero attached hydrogens (tertiary/aromatic N) is 2. The van der Waals surface area contributed by atoms with Crippen LogP contribution in [0.25, 0.3) is 11.1 Å². The number of carbonyl (C=O) groups excluding carboxylic acids is 1. The van der Waals surface area contributed by atoms with Gasteiger partial charge in [-0.05, 0) is 75.8 Å². The second-order valence-electron chi connectivity index (χ2n) is 10.9. The molecule has 1 fully saturated rings. The van der Waals surface area contributed by atoms with Crippen LogP contribution in [-0.4, -0.2) is 21.8 Å². The van der Waals surface area contributed by atoms with Crippen molar-refractivity contribution in [2.75, 3.05) is 0 Å². The van der Waals surface area contributed by atoms with Crippen LogP contribution < -0.4 is 10.1 Å². The molecule has 1 saturated heterocycles. The minimum absolute atomic E-state index is 0.0419. The predicted molar refractivity (Wildman–Crippen MR) is 138 cm³/mol. The van der Waals surface area contributed by atoms with Crippen LogP contribution >= 0.6 is 0 Å². The molecule has 180 valence electrons. The van der Waals surface area contributed by atoms with Crippen molar-refractivity contribution in [3.05, 3.63) is 83.7 Å². The van der Waals surface area contributed by atoms with E-state index in [-0.39, 0.29) is 16.9 Å². The number of hydrogen-bond donors (Lipinski definition) is 1. The lowest BCUT2D eigenvalue weighted by Crippen LogP contribution is -2.57. The van der Waals surface area contributed by atoms with E-state index in [9.17, 15) is 4.79 Å². The van der Waals surface area contributed by atoms with Gasteiger partial charge in [0.15, 0.2) is 5.78 Å². The summed E-state index contributed by atoms with van der Waals surface area (Å²) in [7, 11) is 0. The first-order valence-electron chi connectivity index (χ1n) is 12.1. The number of benzene rings is 2. The summed E-state index contributed by atoms with van der Waals surface area (Å²) in [5.74, 6) is 1.33. The number of nitrogens with one attached hydrogen (secondary N) is 1. The lowest BCUT2D eigenvalue weighted by atomic mass is 9.74. The average molecular weight is 468 g/mol. The Hall–Kier alpha value is -3.49. The van der Waals surface area contributed by atoms with Gasteiger partial charge in [-0.25, -0.2) is 0 Å². The molecule has 5 nitrogen and oxygen atoms in total. The average Bonchev–Trinajstić information content (AvgIpc) is 2.81. The van der Waals surface area contributed by atoms with Gasteiger partial charge in [0.1, 0.15) is 18.4 Å². The summed E-state index contributed by atoms with van der Waals surface area (Å²) in [6.07, 6.45) is 5.88. The van der Waals surface area contributed by atoms with E-state index in [0.29, 0.717) is 24.5 Å². The zero-order valence-corrected chi connectivity index (χ0v) is 21.0. The first-order chi connectivity index (χ1) is 16.6. The lowest BCUT2D eigenvalue weighted by molar-refractivity contribution is 0.0864. The van der Waals surface area contributed by atoms with Crippen LogP contribution in [0.2, 0.25) is 0 Å². The molecule has 1 N–H and O–H groups in total. The fourth-order valence-electron chi connectivity index (χ4n) is 5.44. The number of hydrogen-bond acceptors (Lipinski definition) is 5. The molecule has 0 saturated carbocycles. The highest BCUT2D eigenvalue weighted by Gasteiger charge is 2.38. The molecule has 1 aromatic heterocycles. The first kappa shape index (κ1) is 24.6. The van der Waals surface area contributed by atoms with E-state index in [1.807, 2.05) is 54.6 Å². The molecule has 0 bridgehead atoms.